The number of benzene rings is 1. The van der Waals surface area contributed by atoms with Crippen molar-refractivity contribution in [3.63, 3.8) is 0 Å². The topological polar surface area (TPSA) is 38.4 Å². The molecule has 0 aliphatic heterocycles. The minimum Gasteiger partial charge on any atom is -0.402 e. The third-order valence-corrected chi connectivity index (χ3v) is 3.43. The number of nitrogens with two attached hydrogens (primary N) is 1. The Balaban J connectivity index is -0.00000129. The van der Waals surface area contributed by atoms with Crippen LogP contribution in [0.3, 0.4) is 0 Å². The molecule has 0 spiro atoms. The van der Waals surface area contributed by atoms with Crippen LogP contribution in [0.1, 0.15) is 78.9 Å². The van der Waals surface area contributed by atoms with Crippen molar-refractivity contribution in [2.24, 2.45) is 10.7 Å². The first-order valence-electron chi connectivity index (χ1n) is 10.7. The summed E-state index contributed by atoms with van der Waals surface area (Å²) >= 11 is 0. The number of hydrogen-bond donors (Lipinski definition) is 1. The van der Waals surface area contributed by atoms with Crippen LogP contribution in [0.4, 0.5) is 17.6 Å². The van der Waals surface area contributed by atoms with Crippen LogP contribution in [0.25, 0.3) is 0 Å². The van der Waals surface area contributed by atoms with Crippen molar-refractivity contribution >= 4 is 5.71 Å². The summed E-state index contributed by atoms with van der Waals surface area (Å²) in [5, 5.41) is 0. The maximum absolute atomic E-state index is 14.3. The normalized spacial score (nSPS) is 12.4. The molecule has 0 aliphatic carbocycles. The fourth-order valence-electron chi connectivity index (χ4n) is 2.05. The van der Waals surface area contributed by atoms with Gasteiger partial charge in [0.05, 0.1) is 0 Å². The standard InChI is InChI=1S/C20H23F4N2.C3H8.C2H6.U/c1-4-5-6-7-8-14(2)19(26-12-11-15(3)25)17-10-9-16(13-18(17)21)20(22,23)24;1-3-2;1-2;/h6-9,11,13H,4-5,12,25H2,1-3H3;3H2,1-2H3;1-2H3;/q-1;;;/b7-6-,14-8+,15-11+,26-19?;;;. The largest absolute Gasteiger partial charge is 0.402 e. The Morgan fingerprint density at radius 1 is 1.16 bits per heavy atom. The Morgan fingerprint density at radius 2 is 1.72 bits per heavy atom. The number of rotatable bonds is 7. The average Bonchev–Trinajstić information content (AvgIpc) is 2.70. The van der Waals surface area contributed by atoms with Crippen LogP contribution in [0, 0.1) is 43.0 Å². The SMILES string of the molecule is CC.CCC.CCC/C=C\C=C(/C)C(=NC/C=C(\C)N)c1[c-]cc(C(F)(F)F)cc1F.[U]. The second-order valence-corrected chi connectivity index (χ2v) is 6.52. The third-order valence-electron chi connectivity index (χ3n) is 3.43. The summed E-state index contributed by atoms with van der Waals surface area (Å²) in [5.74, 6) is -1.02. The van der Waals surface area contributed by atoms with Gasteiger partial charge in [-0.2, -0.15) is 13.2 Å². The van der Waals surface area contributed by atoms with Crippen LogP contribution in [0.15, 0.2) is 52.7 Å². The minimum absolute atomic E-state index is 0. The molecule has 0 saturated carbocycles. The zero-order valence-electron chi connectivity index (χ0n) is 20.3. The average molecular weight is 680 g/mol. The van der Waals surface area contributed by atoms with Crippen LogP contribution in [-0.2, 0) is 6.18 Å². The maximum atomic E-state index is 14.3. The van der Waals surface area contributed by atoms with Crippen molar-refractivity contribution in [3.8, 4) is 0 Å². The summed E-state index contributed by atoms with van der Waals surface area (Å²) < 4.78 is 52.5. The summed E-state index contributed by atoms with van der Waals surface area (Å²) in [5.41, 5.74) is 5.80. The van der Waals surface area contributed by atoms with E-state index < -0.39 is 17.6 Å². The summed E-state index contributed by atoms with van der Waals surface area (Å²) in [6.07, 6.45) is 5.68. The van der Waals surface area contributed by atoms with Gasteiger partial charge in [0.2, 0.25) is 0 Å². The van der Waals surface area contributed by atoms with Gasteiger partial charge in [-0.05, 0) is 37.6 Å². The van der Waals surface area contributed by atoms with Crippen molar-refractivity contribution in [2.45, 2.75) is 73.9 Å². The Bertz CT molecular complexity index is 745. The van der Waals surface area contributed by atoms with Gasteiger partial charge in [0.1, 0.15) is 0 Å². The summed E-state index contributed by atoms with van der Waals surface area (Å²) in [4.78, 5) is 4.29. The molecular formula is C25H37F4N2U-. The van der Waals surface area contributed by atoms with E-state index in [9.17, 15) is 17.6 Å². The molecule has 0 aliphatic rings. The molecule has 0 atom stereocenters. The summed E-state index contributed by atoms with van der Waals surface area (Å²) in [7, 11) is 0. The number of halogens is 4. The van der Waals surface area contributed by atoms with E-state index in [1.54, 1.807) is 26.0 Å². The first-order valence-corrected chi connectivity index (χ1v) is 10.7. The molecule has 2 N–H and O–H groups in total. The van der Waals surface area contributed by atoms with E-state index in [0.717, 1.165) is 18.9 Å². The molecule has 180 valence electrons. The minimum atomic E-state index is -4.62. The van der Waals surface area contributed by atoms with Gasteiger partial charge in [0.15, 0.2) is 0 Å². The fraction of sp³-hybridized carbons (Fsp3) is 0.480. The van der Waals surface area contributed by atoms with Crippen molar-refractivity contribution in [1.82, 2.24) is 0 Å². The molecule has 0 heterocycles. The molecule has 0 amide bonds. The zero-order chi connectivity index (χ0) is 24.4. The predicted molar refractivity (Wildman–Crippen MR) is 125 cm³/mol. The van der Waals surface area contributed by atoms with Crippen LogP contribution >= 0.6 is 0 Å². The number of aliphatic imine (C=N–C) groups is 1. The van der Waals surface area contributed by atoms with E-state index in [1.807, 2.05) is 32.9 Å². The number of nitrogens with zero attached hydrogens (tertiary/aromatic N) is 1. The molecular weight excluding hydrogens is 642 g/mol. The monoisotopic (exact) mass is 679 g/mol. The fourth-order valence-corrected chi connectivity index (χ4v) is 2.05. The van der Waals surface area contributed by atoms with Crippen LogP contribution in [0.5, 0.6) is 0 Å². The summed E-state index contributed by atoms with van der Waals surface area (Å²) in [6.45, 7) is 13.9. The molecule has 1 aromatic carbocycles. The molecule has 0 saturated heterocycles. The second-order valence-electron chi connectivity index (χ2n) is 6.52. The zero-order valence-corrected chi connectivity index (χ0v) is 24.5. The Labute approximate surface area is 215 Å². The molecule has 2 nitrogen and oxygen atoms in total. The van der Waals surface area contributed by atoms with Gasteiger partial charge < -0.3 is 10.7 Å². The Kier molecular flexibility index (Phi) is 22.4. The van der Waals surface area contributed by atoms with E-state index in [4.69, 9.17) is 5.73 Å². The molecule has 0 fully saturated rings. The smallest absolute Gasteiger partial charge is 0.381 e. The van der Waals surface area contributed by atoms with Crippen molar-refractivity contribution in [3.05, 3.63) is 70.7 Å². The number of alkyl halides is 3. The Morgan fingerprint density at radius 3 is 2.16 bits per heavy atom. The van der Waals surface area contributed by atoms with E-state index in [-0.39, 0.29) is 48.9 Å². The number of allylic oxidation sites excluding steroid dienone is 5. The van der Waals surface area contributed by atoms with E-state index in [0.29, 0.717) is 17.3 Å². The van der Waals surface area contributed by atoms with Gasteiger partial charge in [-0.25, -0.2) is 0 Å². The van der Waals surface area contributed by atoms with Gasteiger partial charge in [-0.1, -0.05) is 82.9 Å². The third kappa shape index (κ3) is 15.5. The van der Waals surface area contributed by atoms with Gasteiger partial charge in [-0.15, -0.1) is 12.1 Å². The number of unbranched alkanes of at least 4 members (excludes halogenated alkanes) is 1. The van der Waals surface area contributed by atoms with Gasteiger partial charge >= 0.3 is 6.18 Å². The quantitative estimate of drug-likeness (QED) is 0.135. The molecule has 0 unspecified atom stereocenters. The molecule has 0 radical (unpaired) electrons. The van der Waals surface area contributed by atoms with Crippen molar-refractivity contribution in [1.29, 1.82) is 0 Å². The maximum Gasteiger partial charge on any atom is 0.381 e. The molecule has 1 aromatic rings. The van der Waals surface area contributed by atoms with E-state index in [1.165, 1.54) is 6.42 Å². The Hall–Kier alpha value is -1.32. The van der Waals surface area contributed by atoms with Gasteiger partial charge in [0.25, 0.3) is 0 Å². The first kappa shape index (κ1) is 35.3. The van der Waals surface area contributed by atoms with Crippen LogP contribution in [-0.4, -0.2) is 12.3 Å². The van der Waals surface area contributed by atoms with E-state index >= 15 is 0 Å². The first-order chi connectivity index (χ1) is 14.6. The number of hydrogen-bond acceptors (Lipinski definition) is 2. The molecule has 7 heteroatoms. The van der Waals surface area contributed by atoms with Crippen LogP contribution < -0.4 is 5.73 Å². The molecule has 0 bridgehead atoms. The van der Waals surface area contributed by atoms with E-state index in [2.05, 4.69) is 24.9 Å². The predicted octanol–water partition coefficient (Wildman–Crippen LogP) is 8.04. The molecule has 32 heavy (non-hydrogen) atoms. The second kappa shape index (κ2) is 20.3. The van der Waals surface area contributed by atoms with Crippen molar-refractivity contribution < 1.29 is 48.7 Å². The van der Waals surface area contributed by atoms with Gasteiger partial charge in [-0.3, -0.25) is 4.39 Å². The van der Waals surface area contributed by atoms with Crippen molar-refractivity contribution in [2.75, 3.05) is 6.54 Å². The van der Waals surface area contributed by atoms with Gasteiger partial charge in [0, 0.05) is 49.2 Å². The molecule has 0 aromatic heterocycles. The molecule has 1 rings (SSSR count). The summed E-state index contributed by atoms with van der Waals surface area (Å²) in [6, 6.07) is 3.59. The van der Waals surface area contributed by atoms with Crippen LogP contribution in [0.2, 0.25) is 0 Å².